The first-order valence-corrected chi connectivity index (χ1v) is 18.1. The van der Waals surface area contributed by atoms with Gasteiger partial charge in [0.25, 0.3) is 5.91 Å². The first kappa shape index (κ1) is 38.7. The zero-order chi connectivity index (χ0) is 37.4. The molecule has 0 aromatic heterocycles. The van der Waals surface area contributed by atoms with Crippen LogP contribution in [0.15, 0.2) is 30.9 Å². The number of ether oxygens (including phenoxy) is 3. The summed E-state index contributed by atoms with van der Waals surface area (Å²) in [6.07, 6.45) is -0.583. The van der Waals surface area contributed by atoms with E-state index in [4.69, 9.17) is 25.8 Å². The van der Waals surface area contributed by atoms with E-state index in [1.807, 2.05) is 0 Å². The minimum Gasteiger partial charge on any atom is -0.495 e. The van der Waals surface area contributed by atoms with Crippen LogP contribution in [0.2, 0.25) is 5.02 Å². The fourth-order valence-corrected chi connectivity index (χ4v) is 7.24. The van der Waals surface area contributed by atoms with Gasteiger partial charge in [0, 0.05) is 17.4 Å². The Hall–Kier alpha value is -4.05. The number of nitrogens with one attached hydrogen (secondary N) is 4. The third kappa shape index (κ3) is 9.19. The van der Waals surface area contributed by atoms with Gasteiger partial charge in [-0.3, -0.25) is 24.4 Å². The van der Waals surface area contributed by atoms with Crippen molar-refractivity contribution in [2.24, 2.45) is 11.3 Å². The number of likely N-dealkylation sites (tertiary alicyclic amines) is 1. The highest BCUT2D eigenvalue weighted by atomic mass is 35.5. The number of halogens is 1. The molecular weight excluding hydrogens is 694 g/mol. The molecule has 1 aromatic rings. The lowest BCUT2D eigenvalue weighted by molar-refractivity contribution is -0.143. The van der Waals surface area contributed by atoms with Crippen molar-refractivity contribution < 1.29 is 46.6 Å². The Labute approximate surface area is 297 Å². The van der Waals surface area contributed by atoms with Crippen LogP contribution in [-0.4, -0.2) is 91.5 Å². The number of sulfonamides is 1. The van der Waals surface area contributed by atoms with Crippen molar-refractivity contribution in [3.63, 3.8) is 0 Å². The Balaban J connectivity index is 1.60. The summed E-state index contributed by atoms with van der Waals surface area (Å²) >= 11 is 6.08. The van der Waals surface area contributed by atoms with Crippen LogP contribution < -0.4 is 25.4 Å². The summed E-state index contributed by atoms with van der Waals surface area (Å²) in [4.78, 5) is 68.7. The smallest absolute Gasteiger partial charge is 0.412 e. The summed E-state index contributed by atoms with van der Waals surface area (Å²) in [6, 6.07) is 2.09. The van der Waals surface area contributed by atoms with E-state index in [1.54, 1.807) is 53.7 Å². The molecule has 1 unspecified atom stereocenters. The second-order valence-corrected chi connectivity index (χ2v) is 17.3. The van der Waals surface area contributed by atoms with Crippen molar-refractivity contribution in [3.8, 4) is 5.75 Å². The molecule has 3 aliphatic rings. The van der Waals surface area contributed by atoms with E-state index in [0.717, 1.165) is 0 Å². The molecule has 4 N–H and O–H groups in total. The summed E-state index contributed by atoms with van der Waals surface area (Å²) in [5.74, 6) is -2.62. The summed E-state index contributed by atoms with van der Waals surface area (Å²) in [6.45, 7) is 13.6. The number of methoxy groups -OCH3 is 1. The van der Waals surface area contributed by atoms with Gasteiger partial charge in [0.05, 0.1) is 24.6 Å². The summed E-state index contributed by atoms with van der Waals surface area (Å²) in [5.41, 5.74) is -3.14. The van der Waals surface area contributed by atoms with E-state index >= 15 is 0 Å². The molecule has 276 valence electrons. The number of hydrogen-bond donors (Lipinski definition) is 4. The lowest BCUT2D eigenvalue weighted by Gasteiger charge is -2.36. The minimum atomic E-state index is -3.93. The standard InChI is InChI=1S/C33H46ClN5O10S/c1-9-18-16-33(18,28(42)38-50(45,46)21-11-12-21)37-26(40)23-15-20(48-29(43)35-22-14-19(34)10-13-24(22)47-8)17-39(23)27(41)25(31(2,3)4)36-30(44)49-32(5,6)7/h9-10,13-14,18,20-21,23,25H,1,11-12,15-17H2,2-8H3,(H,35,43)(H,36,44)(H,37,40)(H,38,42)/t18?,20-,23+,25-,33-/m1/s1. The zero-order valence-electron chi connectivity index (χ0n) is 29.3. The molecular formula is C33H46ClN5O10S. The molecule has 50 heavy (non-hydrogen) atoms. The Bertz CT molecular complexity index is 1650. The molecule has 5 amide bonds. The molecule has 1 heterocycles. The number of anilines is 1. The van der Waals surface area contributed by atoms with Crippen LogP contribution in [0.3, 0.4) is 0 Å². The number of hydrogen-bond acceptors (Lipinski definition) is 10. The van der Waals surface area contributed by atoms with Crippen molar-refractivity contribution in [1.29, 1.82) is 0 Å². The van der Waals surface area contributed by atoms with Gasteiger partial charge in [-0.1, -0.05) is 38.4 Å². The predicted molar refractivity (Wildman–Crippen MR) is 184 cm³/mol. The summed E-state index contributed by atoms with van der Waals surface area (Å²) in [5, 5.41) is 7.50. The molecule has 2 aliphatic carbocycles. The van der Waals surface area contributed by atoms with Gasteiger partial charge in [0.2, 0.25) is 21.8 Å². The van der Waals surface area contributed by atoms with E-state index in [-0.39, 0.29) is 25.1 Å². The molecule has 4 rings (SSSR count). The highest BCUT2D eigenvalue weighted by Crippen LogP contribution is 2.45. The minimum absolute atomic E-state index is 0.0868. The van der Waals surface area contributed by atoms with Gasteiger partial charge < -0.3 is 29.7 Å². The maximum Gasteiger partial charge on any atom is 0.412 e. The van der Waals surface area contributed by atoms with E-state index in [2.05, 4.69) is 27.3 Å². The van der Waals surface area contributed by atoms with E-state index < -0.39 is 85.8 Å². The monoisotopic (exact) mass is 739 g/mol. The number of alkyl carbamates (subject to hydrolysis) is 1. The van der Waals surface area contributed by atoms with Crippen molar-refractivity contribution in [2.45, 2.75) is 102 Å². The van der Waals surface area contributed by atoms with Crippen LogP contribution in [-0.2, 0) is 33.9 Å². The Kier molecular flexibility index (Phi) is 11.1. The van der Waals surface area contributed by atoms with Crippen LogP contribution in [0.5, 0.6) is 5.75 Å². The van der Waals surface area contributed by atoms with E-state index in [9.17, 15) is 32.4 Å². The molecule has 1 saturated heterocycles. The van der Waals surface area contributed by atoms with E-state index in [0.29, 0.717) is 23.6 Å². The van der Waals surface area contributed by atoms with Gasteiger partial charge in [-0.2, -0.15) is 0 Å². The van der Waals surface area contributed by atoms with Gasteiger partial charge >= 0.3 is 12.2 Å². The van der Waals surface area contributed by atoms with Crippen molar-refractivity contribution in [1.82, 2.24) is 20.3 Å². The lowest BCUT2D eigenvalue weighted by atomic mass is 9.85. The first-order valence-electron chi connectivity index (χ1n) is 16.2. The molecule has 0 bridgehead atoms. The van der Waals surface area contributed by atoms with Crippen LogP contribution in [0, 0.1) is 11.3 Å². The quantitative estimate of drug-likeness (QED) is 0.244. The number of amides is 5. The van der Waals surface area contributed by atoms with Crippen LogP contribution in [0.4, 0.5) is 15.3 Å². The normalized spacial score (nSPS) is 23.9. The third-order valence-electron chi connectivity index (χ3n) is 8.54. The molecule has 0 radical (unpaired) electrons. The van der Waals surface area contributed by atoms with Crippen molar-refractivity contribution >= 4 is 57.2 Å². The topological polar surface area (TPSA) is 199 Å². The number of benzene rings is 1. The molecule has 2 saturated carbocycles. The molecule has 5 atom stereocenters. The fourth-order valence-electron chi connectivity index (χ4n) is 5.70. The predicted octanol–water partition coefficient (Wildman–Crippen LogP) is 3.48. The van der Waals surface area contributed by atoms with Gasteiger partial charge in [-0.25, -0.2) is 18.0 Å². The molecule has 3 fully saturated rings. The summed E-state index contributed by atoms with van der Waals surface area (Å²) in [7, 11) is -2.52. The van der Waals surface area contributed by atoms with Gasteiger partial charge in [0.1, 0.15) is 35.1 Å². The number of nitrogens with zero attached hydrogens (tertiary/aromatic N) is 1. The van der Waals surface area contributed by atoms with Crippen molar-refractivity contribution in [2.75, 3.05) is 19.0 Å². The second kappa shape index (κ2) is 14.3. The Morgan fingerprint density at radius 1 is 1.08 bits per heavy atom. The van der Waals surface area contributed by atoms with Gasteiger partial charge in [-0.15, -0.1) is 6.58 Å². The third-order valence-corrected chi connectivity index (χ3v) is 10.6. The van der Waals surface area contributed by atoms with Crippen LogP contribution >= 0.6 is 11.6 Å². The number of rotatable bonds is 11. The molecule has 0 spiro atoms. The van der Waals surface area contributed by atoms with Gasteiger partial charge in [0.15, 0.2) is 0 Å². The molecule has 1 aromatic carbocycles. The van der Waals surface area contributed by atoms with E-state index in [1.165, 1.54) is 24.2 Å². The Morgan fingerprint density at radius 2 is 1.74 bits per heavy atom. The van der Waals surface area contributed by atoms with Crippen LogP contribution in [0.25, 0.3) is 0 Å². The summed E-state index contributed by atoms with van der Waals surface area (Å²) < 4.78 is 43.6. The highest BCUT2D eigenvalue weighted by molar-refractivity contribution is 7.91. The zero-order valence-corrected chi connectivity index (χ0v) is 30.8. The first-order chi connectivity index (χ1) is 23.1. The average molecular weight is 740 g/mol. The number of carbonyl (C=O) groups is 5. The average Bonchev–Trinajstić information content (AvgIpc) is 3.91. The SMILES string of the molecule is C=CC1C[C@]1(NC(=O)[C@@H]1C[C@@H](OC(=O)Nc2cc(Cl)ccc2OC)CN1C(=O)[C@@H](NC(=O)OC(C)(C)C)C(C)(C)C)C(=O)NS(=O)(=O)C1CC1. The van der Waals surface area contributed by atoms with Crippen LogP contribution in [0.1, 0.15) is 67.2 Å². The molecule has 15 nitrogen and oxygen atoms in total. The molecule has 17 heteroatoms. The second-order valence-electron chi connectivity index (χ2n) is 14.9. The van der Waals surface area contributed by atoms with Crippen molar-refractivity contribution in [3.05, 3.63) is 35.9 Å². The molecule has 1 aliphatic heterocycles. The maximum absolute atomic E-state index is 14.3. The number of carbonyl (C=O) groups excluding carboxylic acids is 5. The maximum atomic E-state index is 14.3. The largest absolute Gasteiger partial charge is 0.495 e. The fraction of sp³-hybridized carbons (Fsp3) is 0.606. The van der Waals surface area contributed by atoms with Gasteiger partial charge in [-0.05, 0) is 63.6 Å². The Morgan fingerprint density at radius 3 is 2.28 bits per heavy atom. The lowest BCUT2D eigenvalue weighted by Crippen LogP contribution is -2.60. The highest BCUT2D eigenvalue weighted by Gasteiger charge is 2.62.